The molecule has 1 saturated carbocycles. The van der Waals surface area contributed by atoms with E-state index in [1.54, 1.807) is 28.3 Å². The van der Waals surface area contributed by atoms with Gasteiger partial charge in [0.2, 0.25) is 30.2 Å². The van der Waals surface area contributed by atoms with Gasteiger partial charge < -0.3 is 55.1 Å². The SMILES string of the molecule is [C-]#[N+]Cc1ccc(Nc2nc(NC3=NCC(C4CC4)=C3)cc(C(=O)CCc3cn(CCOCCOCCOCCOCCC(=O)N[C@H](C(=O)N4C[C@H](O)C[C@H]4C(=O)NCc4ccc(-c5scnc5C)cc4)C(C)(C)C)nn3)n2)cc1. The van der Waals surface area contributed by atoms with E-state index in [9.17, 15) is 24.3 Å². The first-order valence-corrected chi connectivity index (χ1v) is 28.0. The number of aliphatic imine (C=N–C) groups is 1. The molecule has 3 aromatic heterocycles. The summed E-state index contributed by atoms with van der Waals surface area (Å²) in [5.41, 5.74) is 7.87. The van der Waals surface area contributed by atoms with E-state index in [0.29, 0.717) is 89.0 Å². The van der Waals surface area contributed by atoms with Crippen LogP contribution in [0, 0.1) is 24.8 Å². The Balaban J connectivity index is 0.663. The van der Waals surface area contributed by atoms with Gasteiger partial charge in [-0.2, -0.15) is 4.98 Å². The van der Waals surface area contributed by atoms with Crippen molar-refractivity contribution in [2.24, 2.45) is 16.3 Å². The van der Waals surface area contributed by atoms with Crippen LogP contribution in [0.25, 0.3) is 15.3 Å². The Morgan fingerprint density at radius 2 is 1.59 bits per heavy atom. The fraction of sp³-hybridized carbons (Fsp3) is 0.491. The number of hydrogen-bond donors (Lipinski definition) is 5. The number of aromatic nitrogens is 6. The summed E-state index contributed by atoms with van der Waals surface area (Å²) < 4.78 is 24.2. The van der Waals surface area contributed by atoms with E-state index in [1.165, 1.54) is 23.3 Å². The molecule has 23 heteroatoms. The van der Waals surface area contributed by atoms with Crippen molar-refractivity contribution in [3.05, 3.63) is 118 Å². The Bertz CT molecular complexity index is 3000. The van der Waals surface area contributed by atoms with Crippen LogP contribution in [0.4, 0.5) is 17.5 Å². The second-order valence-electron chi connectivity index (χ2n) is 21.0. The number of benzene rings is 2. The predicted octanol–water partition coefficient (Wildman–Crippen LogP) is 5.90. The second kappa shape index (κ2) is 28.7. The number of likely N-dealkylation sites (tertiary alicyclic amines) is 1. The molecule has 2 aliphatic heterocycles. The summed E-state index contributed by atoms with van der Waals surface area (Å²) in [7, 11) is 0. The van der Waals surface area contributed by atoms with E-state index in [-0.39, 0.29) is 74.8 Å². The molecule has 1 saturated heterocycles. The number of amides is 3. The van der Waals surface area contributed by atoms with Crippen LogP contribution in [0.3, 0.4) is 0 Å². The molecule has 0 unspecified atom stereocenters. The molecule has 1 aliphatic carbocycles. The number of nitrogens with one attached hydrogen (secondary N) is 4. The van der Waals surface area contributed by atoms with Gasteiger partial charge in [-0.1, -0.05) is 50.3 Å². The summed E-state index contributed by atoms with van der Waals surface area (Å²) in [6.45, 7) is 18.8. The van der Waals surface area contributed by atoms with Crippen LogP contribution in [0.2, 0.25) is 0 Å². The molecule has 2 fully saturated rings. The number of Topliss-reactive ketones (excluding diaryl/α,β-unsaturated/α-hetero) is 1. The van der Waals surface area contributed by atoms with Crippen LogP contribution in [0.5, 0.6) is 0 Å². The highest BCUT2D eigenvalue weighted by Gasteiger charge is 2.44. The molecule has 0 bridgehead atoms. The minimum Gasteiger partial charge on any atom is -0.391 e. The summed E-state index contributed by atoms with van der Waals surface area (Å²) in [4.78, 5) is 78.1. The van der Waals surface area contributed by atoms with Gasteiger partial charge in [0, 0.05) is 62.3 Å². The van der Waals surface area contributed by atoms with Crippen molar-refractivity contribution < 1.29 is 43.2 Å². The fourth-order valence-electron chi connectivity index (χ4n) is 9.01. The van der Waals surface area contributed by atoms with Gasteiger partial charge in [0.05, 0.1) is 93.8 Å². The number of nitrogens with zero attached hydrogens (tertiary/aromatic N) is 9. The number of aliphatic hydroxyl groups is 1. The number of hydrogen-bond acceptors (Lipinski definition) is 18. The average Bonchev–Trinajstić information content (AvgIpc) is 3.76. The number of aryl methyl sites for hydroxylation is 2. The first-order chi connectivity index (χ1) is 38.7. The van der Waals surface area contributed by atoms with Gasteiger partial charge in [0.15, 0.2) is 5.78 Å². The zero-order chi connectivity index (χ0) is 56.4. The molecule has 80 heavy (non-hydrogen) atoms. The molecule has 0 radical (unpaired) electrons. The quantitative estimate of drug-likeness (QED) is 0.0203. The highest BCUT2D eigenvalue weighted by atomic mass is 32.1. The maximum absolute atomic E-state index is 14.0. The number of thiazole rings is 1. The zero-order valence-corrected chi connectivity index (χ0v) is 46.6. The van der Waals surface area contributed by atoms with E-state index in [0.717, 1.165) is 32.9 Å². The first kappa shape index (κ1) is 58.8. The Hall–Kier alpha value is -7.33. The predicted molar refractivity (Wildman–Crippen MR) is 301 cm³/mol. The third-order valence-corrected chi connectivity index (χ3v) is 14.5. The topological polar surface area (TPSA) is 263 Å². The van der Waals surface area contributed by atoms with Crippen molar-refractivity contribution in [1.29, 1.82) is 0 Å². The lowest BCUT2D eigenvalue weighted by atomic mass is 9.85. The zero-order valence-electron chi connectivity index (χ0n) is 45.8. The molecule has 424 valence electrons. The molecule has 3 aliphatic rings. The summed E-state index contributed by atoms with van der Waals surface area (Å²) in [6.07, 6.45) is 6.01. The van der Waals surface area contributed by atoms with Crippen molar-refractivity contribution in [1.82, 2.24) is 45.5 Å². The highest BCUT2D eigenvalue weighted by Crippen LogP contribution is 2.38. The maximum atomic E-state index is 14.0. The maximum Gasteiger partial charge on any atom is 0.246 e. The normalized spacial score (nSPS) is 16.4. The van der Waals surface area contributed by atoms with E-state index in [2.05, 4.69) is 62.4 Å². The molecular formula is C57H71N13O9S. The monoisotopic (exact) mass is 1110 g/mol. The summed E-state index contributed by atoms with van der Waals surface area (Å²) in [5, 5.41) is 31.3. The van der Waals surface area contributed by atoms with Crippen molar-refractivity contribution in [3.63, 3.8) is 0 Å². The number of β-amino-alcohol motifs (C(OH)–C–C–N with tert-alkyl or cyclic N) is 1. The Morgan fingerprint density at radius 1 is 0.887 bits per heavy atom. The minimum absolute atomic E-state index is 0.0133. The van der Waals surface area contributed by atoms with Gasteiger partial charge in [-0.05, 0) is 78.1 Å². The van der Waals surface area contributed by atoms with E-state index < -0.39 is 29.5 Å². The molecule has 5 N–H and O–H groups in total. The van der Waals surface area contributed by atoms with Crippen LogP contribution in [-0.2, 0) is 59.4 Å². The standard InChI is InChI=1S/C57H71N13O9S/c1-37-52(80-36-61-37)41-10-6-39(7-11-41)32-60-54(74)47-29-45(71)35-70(47)55(75)53(57(2,3)4)66-51(73)18-20-76-22-24-78-26-27-79-25-23-77-21-19-69-34-44(67-68-69)16-17-48(72)46-30-50(64-49-28-42(33-59-49)40-12-13-40)65-56(63-46)62-43-14-8-38(9-15-43)31-58-5/h6-11,14-15,28,30,34,36,40,45,47,53,71H,12-13,16-27,29,31-33,35H2,1-4H3,(H,60,74)(H,66,73)(H2,59,62,63,64,65)/t45-,47+,53-/m1/s1. The number of rotatable bonds is 30. The lowest BCUT2D eigenvalue weighted by Gasteiger charge is -2.35. The third-order valence-electron chi connectivity index (χ3n) is 13.6. The van der Waals surface area contributed by atoms with Gasteiger partial charge in [0.25, 0.3) is 0 Å². The molecule has 22 nitrogen and oxygen atoms in total. The Labute approximate surface area is 470 Å². The van der Waals surface area contributed by atoms with Gasteiger partial charge in [0.1, 0.15) is 29.4 Å². The third kappa shape index (κ3) is 17.6. The molecule has 3 atom stereocenters. The fourth-order valence-corrected chi connectivity index (χ4v) is 9.82. The Morgan fingerprint density at radius 3 is 2.26 bits per heavy atom. The smallest absolute Gasteiger partial charge is 0.246 e. The molecule has 3 amide bonds. The van der Waals surface area contributed by atoms with Crippen LogP contribution in [-0.4, -0.2) is 153 Å². The van der Waals surface area contributed by atoms with Crippen LogP contribution in [0.15, 0.2) is 82.9 Å². The van der Waals surface area contributed by atoms with Crippen LogP contribution in [0.1, 0.15) is 85.9 Å². The number of ether oxygens (including phenoxy) is 4. The summed E-state index contributed by atoms with van der Waals surface area (Å²) in [6, 6.07) is 15.1. The first-order valence-electron chi connectivity index (χ1n) is 27.1. The molecule has 2 aromatic carbocycles. The van der Waals surface area contributed by atoms with Gasteiger partial charge in [-0.15, -0.1) is 16.4 Å². The van der Waals surface area contributed by atoms with E-state index in [4.69, 9.17) is 25.5 Å². The average molecular weight is 1110 g/mol. The van der Waals surface area contributed by atoms with E-state index >= 15 is 0 Å². The minimum atomic E-state index is -0.941. The number of carbonyl (C=O) groups excluding carboxylic acids is 4. The number of ketones is 1. The van der Waals surface area contributed by atoms with Gasteiger partial charge in [-0.3, -0.25) is 24.2 Å². The van der Waals surface area contributed by atoms with Crippen LogP contribution < -0.4 is 21.3 Å². The van der Waals surface area contributed by atoms with Crippen molar-refractivity contribution in [3.8, 4) is 10.4 Å². The van der Waals surface area contributed by atoms with Crippen molar-refractivity contribution >= 4 is 58.1 Å². The van der Waals surface area contributed by atoms with Gasteiger partial charge in [-0.25, -0.2) is 21.2 Å². The summed E-state index contributed by atoms with van der Waals surface area (Å²) in [5.74, 6) is 0.672. The number of amidine groups is 1. The lowest BCUT2D eigenvalue weighted by molar-refractivity contribution is -0.144. The molecular weight excluding hydrogens is 1040 g/mol. The Kier molecular flexibility index (Phi) is 21.1. The molecule has 8 rings (SSSR count). The molecule has 5 heterocycles. The lowest BCUT2D eigenvalue weighted by Crippen LogP contribution is -2.57. The highest BCUT2D eigenvalue weighted by molar-refractivity contribution is 7.13. The molecule has 0 spiro atoms. The van der Waals surface area contributed by atoms with E-state index in [1.807, 2.05) is 81.7 Å². The summed E-state index contributed by atoms with van der Waals surface area (Å²) >= 11 is 1.57. The number of anilines is 3. The van der Waals surface area contributed by atoms with Gasteiger partial charge >= 0.3 is 0 Å². The second-order valence-corrected chi connectivity index (χ2v) is 21.8. The number of carbonyl (C=O) groups is 4. The van der Waals surface area contributed by atoms with Crippen LogP contribution >= 0.6 is 11.3 Å². The van der Waals surface area contributed by atoms with Crippen molar-refractivity contribution in [2.75, 3.05) is 76.6 Å². The number of aliphatic hydroxyl groups excluding tert-OH is 1. The largest absolute Gasteiger partial charge is 0.391 e. The molecule has 5 aromatic rings. The van der Waals surface area contributed by atoms with Crippen molar-refractivity contribution in [2.45, 2.75) is 104 Å².